The molecule has 0 heterocycles. The van der Waals surface area contributed by atoms with E-state index in [4.69, 9.17) is 5.11 Å². The van der Waals surface area contributed by atoms with Crippen molar-refractivity contribution < 1.29 is 5.11 Å². The highest BCUT2D eigenvalue weighted by molar-refractivity contribution is 7.98. The average molecular weight is 208 g/mol. The van der Waals surface area contributed by atoms with Gasteiger partial charge in [0, 0.05) is 4.90 Å². The topological polar surface area (TPSA) is 20.2 Å². The molecule has 0 saturated carbocycles. The number of aliphatic hydroxyl groups excluding tert-OH is 1. The minimum atomic E-state index is 0.154. The van der Waals surface area contributed by atoms with Crippen molar-refractivity contribution in [3.8, 4) is 0 Å². The standard InChI is InChI=1S/C12H16OS/c1-3-10(9-13)8-11-4-6-12(14-2)7-5-11/h4-8,13H,3,9H2,1-2H3. The van der Waals surface area contributed by atoms with Crippen LogP contribution >= 0.6 is 11.8 Å². The molecule has 1 aromatic rings. The summed E-state index contributed by atoms with van der Waals surface area (Å²) in [6.45, 7) is 2.21. The van der Waals surface area contributed by atoms with Crippen molar-refractivity contribution in [3.05, 3.63) is 35.4 Å². The van der Waals surface area contributed by atoms with Crippen LogP contribution in [0.25, 0.3) is 6.08 Å². The Kier molecular flexibility index (Phi) is 4.77. The smallest absolute Gasteiger partial charge is 0.0644 e. The fraction of sp³-hybridized carbons (Fsp3) is 0.333. The maximum absolute atomic E-state index is 9.02. The Morgan fingerprint density at radius 1 is 1.36 bits per heavy atom. The molecule has 0 saturated heterocycles. The molecule has 0 aliphatic heterocycles. The number of hydrogen-bond acceptors (Lipinski definition) is 2. The van der Waals surface area contributed by atoms with Crippen LogP contribution in [0.2, 0.25) is 0 Å². The van der Waals surface area contributed by atoms with Crippen LogP contribution in [-0.4, -0.2) is 18.0 Å². The molecule has 1 rings (SSSR count). The number of aliphatic hydroxyl groups is 1. The third kappa shape index (κ3) is 3.20. The van der Waals surface area contributed by atoms with E-state index in [1.165, 1.54) is 4.90 Å². The van der Waals surface area contributed by atoms with Crippen molar-refractivity contribution in [3.63, 3.8) is 0 Å². The van der Waals surface area contributed by atoms with Gasteiger partial charge in [0.1, 0.15) is 0 Å². The zero-order valence-electron chi connectivity index (χ0n) is 8.66. The van der Waals surface area contributed by atoms with Gasteiger partial charge in [0.15, 0.2) is 0 Å². The molecule has 0 amide bonds. The van der Waals surface area contributed by atoms with Crippen molar-refractivity contribution in [1.29, 1.82) is 0 Å². The second kappa shape index (κ2) is 5.89. The Morgan fingerprint density at radius 3 is 2.43 bits per heavy atom. The molecule has 0 aromatic heterocycles. The molecular formula is C12H16OS. The summed E-state index contributed by atoms with van der Waals surface area (Å²) in [4.78, 5) is 1.27. The van der Waals surface area contributed by atoms with Crippen molar-refractivity contribution in [2.75, 3.05) is 12.9 Å². The monoisotopic (exact) mass is 208 g/mol. The minimum Gasteiger partial charge on any atom is -0.392 e. The molecule has 14 heavy (non-hydrogen) atoms. The van der Waals surface area contributed by atoms with Crippen molar-refractivity contribution in [1.82, 2.24) is 0 Å². The van der Waals surface area contributed by atoms with Crippen molar-refractivity contribution >= 4 is 17.8 Å². The van der Waals surface area contributed by atoms with Crippen molar-refractivity contribution in [2.45, 2.75) is 18.2 Å². The lowest BCUT2D eigenvalue weighted by Crippen LogP contribution is -1.87. The van der Waals surface area contributed by atoms with E-state index in [1.54, 1.807) is 11.8 Å². The second-order valence-corrected chi connectivity index (χ2v) is 3.97. The first-order valence-electron chi connectivity index (χ1n) is 4.74. The third-order valence-electron chi connectivity index (χ3n) is 2.14. The van der Waals surface area contributed by atoms with E-state index in [-0.39, 0.29) is 6.61 Å². The predicted molar refractivity (Wildman–Crippen MR) is 63.6 cm³/mol. The van der Waals surface area contributed by atoms with E-state index < -0.39 is 0 Å². The first-order valence-corrected chi connectivity index (χ1v) is 5.97. The highest BCUT2D eigenvalue weighted by Crippen LogP contribution is 2.16. The molecular weight excluding hydrogens is 192 g/mol. The minimum absolute atomic E-state index is 0.154. The van der Waals surface area contributed by atoms with Gasteiger partial charge in [-0.1, -0.05) is 25.1 Å². The summed E-state index contributed by atoms with van der Waals surface area (Å²) >= 11 is 1.74. The third-order valence-corrected chi connectivity index (χ3v) is 2.89. The molecule has 1 aromatic carbocycles. The molecule has 0 spiro atoms. The van der Waals surface area contributed by atoms with Gasteiger partial charge in [0.2, 0.25) is 0 Å². The normalized spacial score (nSPS) is 11.8. The molecule has 76 valence electrons. The van der Waals surface area contributed by atoms with Crippen LogP contribution in [0.1, 0.15) is 18.9 Å². The van der Waals surface area contributed by atoms with Crippen LogP contribution < -0.4 is 0 Å². The molecule has 0 radical (unpaired) electrons. The first kappa shape index (κ1) is 11.3. The summed E-state index contributed by atoms with van der Waals surface area (Å²) in [5.41, 5.74) is 2.23. The van der Waals surface area contributed by atoms with E-state index >= 15 is 0 Å². The molecule has 0 atom stereocenters. The molecule has 0 bridgehead atoms. The van der Waals surface area contributed by atoms with Gasteiger partial charge in [-0.15, -0.1) is 11.8 Å². The molecule has 1 nitrogen and oxygen atoms in total. The zero-order valence-corrected chi connectivity index (χ0v) is 9.47. The lowest BCUT2D eigenvalue weighted by atomic mass is 10.1. The second-order valence-electron chi connectivity index (χ2n) is 3.09. The van der Waals surface area contributed by atoms with E-state index in [1.807, 2.05) is 6.08 Å². The maximum atomic E-state index is 9.02. The number of hydrogen-bond donors (Lipinski definition) is 1. The fourth-order valence-electron chi connectivity index (χ4n) is 1.20. The Bertz CT molecular complexity index is 295. The molecule has 1 N–H and O–H groups in total. The fourth-order valence-corrected chi connectivity index (χ4v) is 1.60. The van der Waals surface area contributed by atoms with E-state index in [0.29, 0.717) is 0 Å². The van der Waals surface area contributed by atoms with Gasteiger partial charge in [-0.25, -0.2) is 0 Å². The van der Waals surface area contributed by atoms with Gasteiger partial charge in [0.05, 0.1) is 6.61 Å². The van der Waals surface area contributed by atoms with E-state index in [9.17, 15) is 0 Å². The van der Waals surface area contributed by atoms with Crippen LogP contribution in [0.4, 0.5) is 0 Å². The van der Waals surface area contributed by atoms with Crippen LogP contribution in [0.3, 0.4) is 0 Å². The quantitative estimate of drug-likeness (QED) is 0.767. The van der Waals surface area contributed by atoms with Gasteiger partial charge in [-0.05, 0) is 35.9 Å². The summed E-state index contributed by atoms with van der Waals surface area (Å²) < 4.78 is 0. The summed E-state index contributed by atoms with van der Waals surface area (Å²) in [6, 6.07) is 8.36. The number of benzene rings is 1. The predicted octanol–water partition coefficient (Wildman–Crippen LogP) is 3.19. The van der Waals surface area contributed by atoms with Gasteiger partial charge in [-0.3, -0.25) is 0 Å². The van der Waals surface area contributed by atoms with Crippen LogP contribution in [0.15, 0.2) is 34.7 Å². The first-order chi connectivity index (χ1) is 6.80. The van der Waals surface area contributed by atoms with Crippen molar-refractivity contribution in [2.24, 2.45) is 0 Å². The lowest BCUT2D eigenvalue weighted by Gasteiger charge is -2.01. The van der Waals surface area contributed by atoms with Crippen LogP contribution in [0, 0.1) is 0 Å². The molecule has 0 aliphatic rings. The number of thioether (sulfide) groups is 1. The molecule has 0 unspecified atom stereocenters. The average Bonchev–Trinajstić information content (AvgIpc) is 2.26. The Balaban J connectivity index is 2.81. The zero-order chi connectivity index (χ0) is 10.4. The van der Waals surface area contributed by atoms with Gasteiger partial charge in [-0.2, -0.15) is 0 Å². The SMILES string of the molecule is CCC(=Cc1ccc(SC)cc1)CO. The Labute approximate surface area is 89.8 Å². The van der Waals surface area contributed by atoms with E-state index in [2.05, 4.69) is 37.4 Å². The largest absolute Gasteiger partial charge is 0.392 e. The maximum Gasteiger partial charge on any atom is 0.0644 e. The molecule has 0 fully saturated rings. The Hall–Kier alpha value is -0.730. The van der Waals surface area contributed by atoms with Crippen LogP contribution in [-0.2, 0) is 0 Å². The summed E-state index contributed by atoms with van der Waals surface area (Å²) in [5.74, 6) is 0. The number of rotatable bonds is 4. The lowest BCUT2D eigenvalue weighted by molar-refractivity contribution is 0.329. The Morgan fingerprint density at radius 2 is 2.00 bits per heavy atom. The van der Waals surface area contributed by atoms with E-state index in [0.717, 1.165) is 17.6 Å². The molecule has 2 heteroatoms. The summed E-state index contributed by atoms with van der Waals surface area (Å²) in [6.07, 6.45) is 5.01. The highest BCUT2D eigenvalue weighted by Gasteiger charge is 1.93. The van der Waals surface area contributed by atoms with Crippen LogP contribution in [0.5, 0.6) is 0 Å². The summed E-state index contributed by atoms with van der Waals surface area (Å²) in [7, 11) is 0. The van der Waals surface area contributed by atoms with Gasteiger partial charge in [0.25, 0.3) is 0 Å². The highest BCUT2D eigenvalue weighted by atomic mass is 32.2. The van der Waals surface area contributed by atoms with Gasteiger partial charge < -0.3 is 5.11 Å². The molecule has 0 aliphatic carbocycles. The van der Waals surface area contributed by atoms with Gasteiger partial charge >= 0.3 is 0 Å². The summed E-state index contributed by atoms with van der Waals surface area (Å²) in [5, 5.41) is 9.02.